The largest absolute Gasteiger partial charge is 0.356 e. The van der Waals surface area contributed by atoms with E-state index in [0.29, 0.717) is 18.0 Å². The van der Waals surface area contributed by atoms with E-state index >= 15 is 0 Å². The maximum atomic E-state index is 12.3. The van der Waals surface area contributed by atoms with Crippen LogP contribution in [0.25, 0.3) is 0 Å². The summed E-state index contributed by atoms with van der Waals surface area (Å²) >= 11 is 1.63. The maximum absolute atomic E-state index is 12.3. The minimum absolute atomic E-state index is 0.0129. The molecule has 0 unspecified atom stereocenters. The molecule has 1 aromatic heterocycles. The number of hydrogen-bond acceptors (Lipinski definition) is 5. The Balaban J connectivity index is 1.67. The molecule has 150 valence electrons. The maximum Gasteiger partial charge on any atom is 0.251 e. The Morgan fingerprint density at radius 1 is 1.21 bits per heavy atom. The molecule has 1 aliphatic heterocycles. The molecule has 0 bridgehead atoms. The van der Waals surface area contributed by atoms with Gasteiger partial charge in [-0.3, -0.25) is 4.79 Å². The third kappa shape index (κ3) is 5.71. The zero-order valence-corrected chi connectivity index (χ0v) is 17.9. The van der Waals surface area contributed by atoms with Crippen LogP contribution in [0.2, 0.25) is 0 Å². The van der Waals surface area contributed by atoms with Gasteiger partial charge in [0.1, 0.15) is 5.82 Å². The SMILES string of the molecule is CCc1cc(N2CCCC2)nc(SCc2cccc(C(=O)NCC(C)C)c2)n1. The molecule has 2 aromatic rings. The van der Waals surface area contributed by atoms with Gasteiger partial charge >= 0.3 is 0 Å². The number of benzene rings is 1. The van der Waals surface area contributed by atoms with Crippen LogP contribution in [0.5, 0.6) is 0 Å². The third-order valence-electron chi connectivity index (χ3n) is 4.77. The zero-order valence-electron chi connectivity index (χ0n) is 17.1. The number of carbonyl (C=O) groups is 1. The van der Waals surface area contributed by atoms with Crippen LogP contribution in [0.1, 0.15) is 55.2 Å². The number of amides is 1. The Morgan fingerprint density at radius 2 is 2.00 bits per heavy atom. The summed E-state index contributed by atoms with van der Waals surface area (Å²) in [6, 6.07) is 9.95. The second-order valence-electron chi connectivity index (χ2n) is 7.64. The third-order valence-corrected chi connectivity index (χ3v) is 5.68. The van der Waals surface area contributed by atoms with E-state index in [0.717, 1.165) is 47.5 Å². The van der Waals surface area contributed by atoms with Crippen molar-refractivity contribution >= 4 is 23.5 Å². The van der Waals surface area contributed by atoms with Crippen LogP contribution in [0.3, 0.4) is 0 Å². The minimum atomic E-state index is -0.0129. The van der Waals surface area contributed by atoms with Gasteiger partial charge in [0, 0.05) is 42.7 Å². The van der Waals surface area contributed by atoms with E-state index in [-0.39, 0.29) is 5.91 Å². The second-order valence-corrected chi connectivity index (χ2v) is 8.58. The molecule has 1 amide bonds. The van der Waals surface area contributed by atoms with Crippen molar-refractivity contribution in [2.75, 3.05) is 24.5 Å². The molecule has 0 aliphatic carbocycles. The van der Waals surface area contributed by atoms with E-state index in [1.54, 1.807) is 11.8 Å². The summed E-state index contributed by atoms with van der Waals surface area (Å²) in [5, 5.41) is 3.79. The van der Waals surface area contributed by atoms with E-state index in [9.17, 15) is 4.79 Å². The van der Waals surface area contributed by atoms with Gasteiger partial charge in [0.15, 0.2) is 5.16 Å². The minimum Gasteiger partial charge on any atom is -0.356 e. The van der Waals surface area contributed by atoms with E-state index in [1.165, 1.54) is 12.8 Å². The zero-order chi connectivity index (χ0) is 19.9. The Bertz CT molecular complexity index is 803. The van der Waals surface area contributed by atoms with Crippen molar-refractivity contribution in [2.24, 2.45) is 5.92 Å². The summed E-state index contributed by atoms with van der Waals surface area (Å²) in [4.78, 5) is 24.1. The highest BCUT2D eigenvalue weighted by atomic mass is 32.2. The number of hydrogen-bond donors (Lipinski definition) is 1. The highest BCUT2D eigenvalue weighted by molar-refractivity contribution is 7.98. The lowest BCUT2D eigenvalue weighted by molar-refractivity contribution is 0.0949. The van der Waals surface area contributed by atoms with Gasteiger partial charge in [-0.2, -0.15) is 0 Å². The fourth-order valence-electron chi connectivity index (χ4n) is 3.16. The number of nitrogens with zero attached hydrogens (tertiary/aromatic N) is 3. The molecular formula is C22H30N4OS. The molecule has 1 aromatic carbocycles. The molecule has 2 heterocycles. The second kappa shape index (κ2) is 9.92. The predicted molar refractivity (Wildman–Crippen MR) is 116 cm³/mol. The summed E-state index contributed by atoms with van der Waals surface area (Å²) < 4.78 is 0. The lowest BCUT2D eigenvalue weighted by Gasteiger charge is -2.17. The van der Waals surface area contributed by atoms with Crippen molar-refractivity contribution in [1.82, 2.24) is 15.3 Å². The van der Waals surface area contributed by atoms with Crippen LogP contribution >= 0.6 is 11.8 Å². The number of carbonyl (C=O) groups excluding carboxylic acids is 1. The van der Waals surface area contributed by atoms with Gasteiger partial charge in [-0.1, -0.05) is 44.7 Å². The van der Waals surface area contributed by atoms with Crippen molar-refractivity contribution in [3.8, 4) is 0 Å². The van der Waals surface area contributed by atoms with Crippen LogP contribution in [0.4, 0.5) is 5.82 Å². The number of anilines is 1. The number of aromatic nitrogens is 2. The average Bonchev–Trinajstić information content (AvgIpc) is 3.25. The van der Waals surface area contributed by atoms with Gasteiger partial charge in [-0.05, 0) is 42.9 Å². The van der Waals surface area contributed by atoms with Crippen molar-refractivity contribution < 1.29 is 4.79 Å². The highest BCUT2D eigenvalue weighted by Gasteiger charge is 2.16. The van der Waals surface area contributed by atoms with Gasteiger partial charge in [-0.15, -0.1) is 0 Å². The normalized spacial score (nSPS) is 13.9. The first-order valence-corrected chi connectivity index (χ1v) is 11.2. The number of rotatable bonds is 8. The van der Waals surface area contributed by atoms with E-state index in [2.05, 4.69) is 43.1 Å². The molecule has 0 atom stereocenters. The molecular weight excluding hydrogens is 368 g/mol. The quantitative estimate of drug-likeness (QED) is 0.530. The Hall–Kier alpha value is -2.08. The van der Waals surface area contributed by atoms with Gasteiger partial charge in [0.25, 0.3) is 5.91 Å². The lowest BCUT2D eigenvalue weighted by atomic mass is 10.1. The monoisotopic (exact) mass is 398 g/mol. The molecule has 1 fully saturated rings. The van der Waals surface area contributed by atoms with Crippen LogP contribution in [0.15, 0.2) is 35.5 Å². The first-order chi connectivity index (χ1) is 13.5. The molecule has 1 N–H and O–H groups in total. The molecule has 0 saturated carbocycles. The van der Waals surface area contributed by atoms with Crippen LogP contribution in [-0.4, -0.2) is 35.5 Å². The molecule has 1 saturated heterocycles. The van der Waals surface area contributed by atoms with Crippen LogP contribution in [-0.2, 0) is 12.2 Å². The van der Waals surface area contributed by atoms with Gasteiger partial charge in [0.2, 0.25) is 0 Å². The van der Waals surface area contributed by atoms with Gasteiger partial charge < -0.3 is 10.2 Å². The fraction of sp³-hybridized carbons (Fsp3) is 0.500. The Labute approximate surface area is 172 Å². The number of thioether (sulfide) groups is 1. The molecule has 1 aliphatic rings. The standard InChI is InChI=1S/C22H30N4OS/c1-4-19-13-20(26-10-5-6-11-26)25-22(24-19)28-15-17-8-7-9-18(12-17)21(27)23-14-16(2)3/h7-9,12-13,16H,4-6,10-11,14-15H2,1-3H3,(H,23,27). The Morgan fingerprint density at radius 3 is 2.71 bits per heavy atom. The lowest BCUT2D eigenvalue weighted by Crippen LogP contribution is -2.27. The molecule has 0 radical (unpaired) electrons. The van der Waals surface area contributed by atoms with Crippen molar-refractivity contribution in [3.05, 3.63) is 47.2 Å². The van der Waals surface area contributed by atoms with Crippen molar-refractivity contribution in [2.45, 2.75) is 50.9 Å². The molecule has 5 nitrogen and oxygen atoms in total. The van der Waals surface area contributed by atoms with E-state index in [4.69, 9.17) is 9.97 Å². The topological polar surface area (TPSA) is 58.1 Å². The predicted octanol–water partition coefficient (Wildman–Crippen LogP) is 4.32. The van der Waals surface area contributed by atoms with Crippen LogP contribution in [0, 0.1) is 5.92 Å². The summed E-state index contributed by atoms with van der Waals surface area (Å²) in [7, 11) is 0. The van der Waals surface area contributed by atoms with E-state index < -0.39 is 0 Å². The Kier molecular flexibility index (Phi) is 7.31. The smallest absolute Gasteiger partial charge is 0.251 e. The number of nitrogens with one attached hydrogen (secondary N) is 1. The van der Waals surface area contributed by atoms with Gasteiger partial charge in [0.05, 0.1) is 0 Å². The van der Waals surface area contributed by atoms with Crippen molar-refractivity contribution in [3.63, 3.8) is 0 Å². The summed E-state index contributed by atoms with van der Waals surface area (Å²) in [5.41, 5.74) is 2.90. The average molecular weight is 399 g/mol. The first-order valence-electron chi connectivity index (χ1n) is 10.2. The fourth-order valence-corrected chi connectivity index (χ4v) is 3.98. The molecule has 28 heavy (non-hydrogen) atoms. The summed E-state index contributed by atoms with van der Waals surface area (Å²) in [5.74, 6) is 2.23. The van der Waals surface area contributed by atoms with E-state index in [1.807, 2.05) is 18.2 Å². The molecule has 6 heteroatoms. The van der Waals surface area contributed by atoms with Crippen LogP contribution < -0.4 is 10.2 Å². The van der Waals surface area contributed by atoms with Gasteiger partial charge in [-0.25, -0.2) is 9.97 Å². The summed E-state index contributed by atoms with van der Waals surface area (Å²) in [6.45, 7) is 9.16. The highest BCUT2D eigenvalue weighted by Crippen LogP contribution is 2.25. The molecule has 0 spiro atoms. The first kappa shape index (κ1) is 20.6. The molecule has 3 rings (SSSR count). The van der Waals surface area contributed by atoms with Crippen molar-refractivity contribution in [1.29, 1.82) is 0 Å². The number of aryl methyl sites for hydroxylation is 1. The summed E-state index contributed by atoms with van der Waals surface area (Å²) in [6.07, 6.45) is 3.38.